The number of sulfone groups is 1. The Morgan fingerprint density at radius 1 is 0.977 bits per heavy atom. The third-order valence-electron chi connectivity index (χ3n) is 7.00. The molecular formula is C32H31N5O5S. The molecule has 5 rings (SSSR count). The first-order chi connectivity index (χ1) is 20.5. The van der Waals surface area contributed by atoms with Gasteiger partial charge in [-0.05, 0) is 67.4 Å². The van der Waals surface area contributed by atoms with E-state index in [2.05, 4.69) is 15.4 Å². The van der Waals surface area contributed by atoms with Crippen molar-refractivity contribution in [3.05, 3.63) is 107 Å². The van der Waals surface area contributed by atoms with Gasteiger partial charge in [0, 0.05) is 37.6 Å². The van der Waals surface area contributed by atoms with E-state index in [1.165, 1.54) is 12.1 Å². The summed E-state index contributed by atoms with van der Waals surface area (Å²) in [5.74, 6) is -0.920. The zero-order valence-corrected chi connectivity index (χ0v) is 24.9. The predicted octanol–water partition coefficient (Wildman–Crippen LogP) is 4.89. The van der Waals surface area contributed by atoms with Crippen molar-refractivity contribution in [2.45, 2.75) is 29.7 Å². The van der Waals surface area contributed by atoms with Gasteiger partial charge in [-0.3, -0.25) is 14.3 Å². The fourth-order valence-electron chi connectivity index (χ4n) is 4.98. The molecule has 0 aliphatic heterocycles. The van der Waals surface area contributed by atoms with E-state index in [9.17, 15) is 23.1 Å². The van der Waals surface area contributed by atoms with Crippen LogP contribution in [0.25, 0.3) is 22.5 Å². The summed E-state index contributed by atoms with van der Waals surface area (Å²) in [7, 11) is -1.23. The van der Waals surface area contributed by atoms with Crippen molar-refractivity contribution in [2.75, 3.05) is 11.9 Å². The van der Waals surface area contributed by atoms with Gasteiger partial charge in [-0.25, -0.2) is 8.42 Å². The second-order valence-electron chi connectivity index (χ2n) is 10.2. The summed E-state index contributed by atoms with van der Waals surface area (Å²) in [6, 6.07) is 23.5. The lowest BCUT2D eigenvalue weighted by Gasteiger charge is -2.31. The van der Waals surface area contributed by atoms with Gasteiger partial charge in [0.05, 0.1) is 10.6 Å². The lowest BCUT2D eigenvalue weighted by Crippen LogP contribution is -2.29. The summed E-state index contributed by atoms with van der Waals surface area (Å²) >= 11 is 0. The number of aromatic nitrogens is 3. The van der Waals surface area contributed by atoms with E-state index in [0.29, 0.717) is 28.1 Å². The molecule has 10 nitrogen and oxygen atoms in total. The fraction of sp³-hybridized carbons (Fsp3) is 0.156. The maximum atomic E-state index is 14.0. The average Bonchev–Trinajstić information content (AvgIpc) is 3.44. The van der Waals surface area contributed by atoms with E-state index >= 15 is 0 Å². The molecule has 2 heterocycles. The molecule has 1 amide bonds. The SMILES string of the molecule is CNC(=O)c1cccc(-c2ccc(S(=O)(=O)c3c(O)c(N(c4ccccc4)C(C)C)c(-c4ccn(C)n4)[nH]c3=O)cc2)c1. The first kappa shape index (κ1) is 29.3. The van der Waals surface area contributed by atoms with Crippen molar-refractivity contribution in [1.82, 2.24) is 20.1 Å². The van der Waals surface area contributed by atoms with Crippen molar-refractivity contribution in [3.8, 4) is 28.3 Å². The topological polar surface area (TPSA) is 137 Å². The monoisotopic (exact) mass is 597 g/mol. The Bertz CT molecular complexity index is 1960. The van der Waals surface area contributed by atoms with Gasteiger partial charge >= 0.3 is 0 Å². The molecule has 11 heteroatoms. The number of carbonyl (C=O) groups excluding carboxylic acids is 1. The van der Waals surface area contributed by atoms with E-state index in [0.717, 1.165) is 0 Å². The standard InChI is InChI=1S/C32H31N5O5S/c1-20(2)37(24-11-6-5-7-12-24)28-27(26-17-18-36(4)35-26)34-32(40)30(29(28)38)43(41,42)25-15-13-21(14-16-25)22-9-8-10-23(19-22)31(39)33-3/h5-20H,1-4H3,(H,33,39)(H2,34,38,40). The van der Waals surface area contributed by atoms with Crippen LogP contribution in [0.2, 0.25) is 0 Å². The molecule has 0 saturated heterocycles. The van der Waals surface area contributed by atoms with Crippen LogP contribution in [0.15, 0.2) is 106 Å². The molecule has 0 aliphatic carbocycles. The first-order valence-electron chi connectivity index (χ1n) is 13.5. The summed E-state index contributed by atoms with van der Waals surface area (Å²) in [6.07, 6.45) is 1.69. The third-order valence-corrected chi connectivity index (χ3v) is 8.81. The van der Waals surface area contributed by atoms with Gasteiger partial charge in [-0.2, -0.15) is 5.10 Å². The maximum absolute atomic E-state index is 14.0. The highest BCUT2D eigenvalue weighted by atomic mass is 32.2. The van der Waals surface area contributed by atoms with Gasteiger partial charge in [0.2, 0.25) is 9.84 Å². The lowest BCUT2D eigenvalue weighted by atomic mass is 10.0. The average molecular weight is 598 g/mol. The number of nitrogens with one attached hydrogen (secondary N) is 2. The van der Waals surface area contributed by atoms with E-state index in [-0.39, 0.29) is 28.2 Å². The number of anilines is 2. The lowest BCUT2D eigenvalue weighted by molar-refractivity contribution is 0.0963. The van der Waals surface area contributed by atoms with E-state index < -0.39 is 26.0 Å². The quantitative estimate of drug-likeness (QED) is 0.232. The number of benzene rings is 3. The van der Waals surface area contributed by atoms with Crippen molar-refractivity contribution in [1.29, 1.82) is 0 Å². The number of pyridine rings is 1. The molecule has 3 N–H and O–H groups in total. The van der Waals surface area contributed by atoms with Crippen LogP contribution in [0.5, 0.6) is 5.75 Å². The molecule has 0 saturated carbocycles. The summed E-state index contributed by atoms with van der Waals surface area (Å²) in [4.78, 5) is 29.1. The minimum Gasteiger partial charge on any atom is -0.504 e. The number of nitrogens with zero attached hydrogens (tertiary/aromatic N) is 3. The molecule has 43 heavy (non-hydrogen) atoms. The number of carbonyl (C=O) groups is 1. The number of hydrogen-bond acceptors (Lipinski definition) is 7. The largest absolute Gasteiger partial charge is 0.504 e. The molecule has 0 spiro atoms. The van der Waals surface area contributed by atoms with Crippen molar-refractivity contribution in [3.63, 3.8) is 0 Å². The molecule has 0 atom stereocenters. The molecule has 0 fully saturated rings. The minimum atomic E-state index is -4.49. The van der Waals surface area contributed by atoms with Crippen molar-refractivity contribution in [2.24, 2.45) is 7.05 Å². The number of rotatable bonds is 8. The number of amides is 1. The van der Waals surface area contributed by atoms with Crippen molar-refractivity contribution < 1.29 is 18.3 Å². The van der Waals surface area contributed by atoms with Crippen LogP contribution >= 0.6 is 0 Å². The Morgan fingerprint density at radius 3 is 2.28 bits per heavy atom. The van der Waals surface area contributed by atoms with Crippen LogP contribution < -0.4 is 15.8 Å². The Hall–Kier alpha value is -5.16. The number of H-pyrrole nitrogens is 1. The molecule has 0 unspecified atom stereocenters. The molecular weight excluding hydrogens is 566 g/mol. The van der Waals surface area contributed by atoms with E-state index in [1.54, 1.807) is 72.3 Å². The van der Waals surface area contributed by atoms with Crippen LogP contribution in [-0.2, 0) is 16.9 Å². The third kappa shape index (κ3) is 5.54. The smallest absolute Gasteiger partial charge is 0.271 e. The van der Waals surface area contributed by atoms with Gasteiger partial charge in [-0.1, -0.05) is 42.5 Å². The van der Waals surface area contributed by atoms with Crippen molar-refractivity contribution >= 4 is 27.1 Å². The molecule has 3 aromatic carbocycles. The minimum absolute atomic E-state index is 0.112. The molecule has 5 aromatic rings. The Morgan fingerprint density at radius 2 is 1.67 bits per heavy atom. The first-order valence-corrected chi connectivity index (χ1v) is 15.0. The molecule has 220 valence electrons. The Balaban J connectivity index is 1.67. The zero-order chi connectivity index (χ0) is 30.9. The summed E-state index contributed by atoms with van der Waals surface area (Å²) in [5.41, 5.74) is 2.21. The maximum Gasteiger partial charge on any atom is 0.271 e. The zero-order valence-electron chi connectivity index (χ0n) is 24.1. The van der Waals surface area contributed by atoms with E-state index in [4.69, 9.17) is 0 Å². The predicted molar refractivity (Wildman–Crippen MR) is 165 cm³/mol. The van der Waals surface area contributed by atoms with Crippen LogP contribution in [0.3, 0.4) is 0 Å². The van der Waals surface area contributed by atoms with Gasteiger partial charge in [0.1, 0.15) is 11.4 Å². The fourth-order valence-corrected chi connectivity index (χ4v) is 6.36. The Kier molecular flexibility index (Phi) is 7.92. The number of aryl methyl sites for hydroxylation is 1. The van der Waals surface area contributed by atoms with Crippen LogP contribution in [0.1, 0.15) is 24.2 Å². The summed E-state index contributed by atoms with van der Waals surface area (Å²) in [6.45, 7) is 3.79. The van der Waals surface area contributed by atoms with Gasteiger partial charge in [0.15, 0.2) is 10.6 Å². The van der Waals surface area contributed by atoms with Gasteiger partial charge in [0.25, 0.3) is 11.5 Å². The molecule has 2 aromatic heterocycles. The van der Waals surface area contributed by atoms with Gasteiger partial charge < -0.3 is 20.3 Å². The molecule has 0 radical (unpaired) electrons. The second kappa shape index (κ2) is 11.6. The van der Waals surface area contributed by atoms with Crippen LogP contribution in [0.4, 0.5) is 11.4 Å². The molecule has 0 bridgehead atoms. The highest BCUT2D eigenvalue weighted by Gasteiger charge is 2.33. The Labute approximate surface area is 249 Å². The number of aromatic amines is 1. The number of hydrogen-bond donors (Lipinski definition) is 3. The second-order valence-corrected chi connectivity index (χ2v) is 12.1. The van der Waals surface area contributed by atoms with Crippen LogP contribution in [0, 0.1) is 0 Å². The van der Waals surface area contributed by atoms with E-state index in [1.807, 2.05) is 44.2 Å². The number of para-hydroxylation sites is 1. The highest BCUT2D eigenvalue weighted by Crippen LogP contribution is 2.44. The highest BCUT2D eigenvalue weighted by molar-refractivity contribution is 7.91. The normalized spacial score (nSPS) is 11.5. The van der Waals surface area contributed by atoms with Gasteiger partial charge in [-0.15, -0.1) is 0 Å². The molecule has 0 aliphatic rings. The number of aromatic hydroxyl groups is 1. The van der Waals surface area contributed by atoms with Crippen LogP contribution in [-0.4, -0.2) is 47.3 Å². The summed E-state index contributed by atoms with van der Waals surface area (Å²) in [5, 5.41) is 18.7. The summed E-state index contributed by atoms with van der Waals surface area (Å²) < 4.78 is 29.5.